The topological polar surface area (TPSA) is 9.23 Å². The molecule has 0 unspecified atom stereocenters. The van der Waals surface area contributed by atoms with Gasteiger partial charge in [0.1, 0.15) is 5.75 Å². The van der Waals surface area contributed by atoms with Gasteiger partial charge < -0.3 is 4.74 Å². The lowest BCUT2D eigenvalue weighted by molar-refractivity contribution is 0.312. The van der Waals surface area contributed by atoms with Crippen molar-refractivity contribution in [2.45, 2.75) is 19.8 Å². The Hall–Kier alpha value is -2.02. The molecule has 1 heteroatoms. The Bertz CT molecular complexity index is 514. The number of benzene rings is 2. The molecule has 0 aliphatic carbocycles. The SMILES string of the molecule is C/C=C/CCCOc1cccc(-c2ccccc2)c1. The Labute approximate surface area is 115 Å². The molecule has 0 fully saturated rings. The number of unbranched alkanes of at least 4 members (excludes halogenated alkanes) is 1. The van der Waals surface area contributed by atoms with Crippen LogP contribution < -0.4 is 4.74 Å². The van der Waals surface area contributed by atoms with Crippen molar-refractivity contribution in [3.8, 4) is 16.9 Å². The van der Waals surface area contributed by atoms with Crippen LogP contribution in [0.5, 0.6) is 5.75 Å². The van der Waals surface area contributed by atoms with E-state index in [0.29, 0.717) is 0 Å². The molecule has 2 aromatic rings. The summed E-state index contributed by atoms with van der Waals surface area (Å²) in [7, 11) is 0. The van der Waals surface area contributed by atoms with Crippen molar-refractivity contribution in [2.75, 3.05) is 6.61 Å². The van der Waals surface area contributed by atoms with Gasteiger partial charge in [-0.2, -0.15) is 0 Å². The van der Waals surface area contributed by atoms with Gasteiger partial charge in [-0.1, -0.05) is 54.6 Å². The molecule has 0 atom stereocenters. The van der Waals surface area contributed by atoms with E-state index in [-0.39, 0.29) is 0 Å². The van der Waals surface area contributed by atoms with Crippen LogP contribution in [0.2, 0.25) is 0 Å². The van der Waals surface area contributed by atoms with Crippen molar-refractivity contribution in [3.63, 3.8) is 0 Å². The first-order valence-corrected chi connectivity index (χ1v) is 6.79. The predicted molar refractivity (Wildman–Crippen MR) is 81.4 cm³/mol. The zero-order valence-corrected chi connectivity index (χ0v) is 11.4. The van der Waals surface area contributed by atoms with E-state index >= 15 is 0 Å². The molecular formula is C18H20O. The van der Waals surface area contributed by atoms with Crippen molar-refractivity contribution in [1.29, 1.82) is 0 Å². The Morgan fingerprint density at radius 3 is 2.53 bits per heavy atom. The largest absolute Gasteiger partial charge is 0.494 e. The van der Waals surface area contributed by atoms with Crippen molar-refractivity contribution in [3.05, 3.63) is 66.7 Å². The van der Waals surface area contributed by atoms with E-state index in [1.54, 1.807) is 0 Å². The Balaban J connectivity index is 1.96. The van der Waals surface area contributed by atoms with Gasteiger partial charge in [-0.3, -0.25) is 0 Å². The molecule has 0 spiro atoms. The van der Waals surface area contributed by atoms with Crippen LogP contribution in [0.3, 0.4) is 0 Å². The van der Waals surface area contributed by atoms with Gasteiger partial charge in [0, 0.05) is 0 Å². The standard InChI is InChI=1S/C18H20O/c1-2-3-4-8-14-19-18-13-9-12-17(15-18)16-10-6-5-7-11-16/h2-3,5-7,9-13,15H,4,8,14H2,1H3/b3-2+. The highest BCUT2D eigenvalue weighted by atomic mass is 16.5. The fourth-order valence-electron chi connectivity index (χ4n) is 1.95. The zero-order chi connectivity index (χ0) is 13.3. The van der Waals surface area contributed by atoms with E-state index < -0.39 is 0 Å². The molecule has 0 bridgehead atoms. The lowest BCUT2D eigenvalue weighted by Gasteiger charge is -2.07. The second kappa shape index (κ2) is 7.42. The highest BCUT2D eigenvalue weighted by molar-refractivity contribution is 5.64. The van der Waals surface area contributed by atoms with Gasteiger partial charge in [0.25, 0.3) is 0 Å². The highest BCUT2D eigenvalue weighted by Gasteiger charge is 1.99. The smallest absolute Gasteiger partial charge is 0.119 e. The second-order valence-electron chi connectivity index (χ2n) is 4.45. The first kappa shape index (κ1) is 13.4. The van der Waals surface area contributed by atoms with Crippen LogP contribution in [0.25, 0.3) is 11.1 Å². The fraction of sp³-hybridized carbons (Fsp3) is 0.222. The molecule has 0 amide bonds. The van der Waals surface area contributed by atoms with Crippen LogP contribution in [-0.4, -0.2) is 6.61 Å². The summed E-state index contributed by atoms with van der Waals surface area (Å²) in [5.74, 6) is 0.946. The van der Waals surface area contributed by atoms with Crippen LogP contribution in [0.4, 0.5) is 0 Å². The van der Waals surface area contributed by atoms with Crippen LogP contribution >= 0.6 is 0 Å². The Morgan fingerprint density at radius 2 is 1.74 bits per heavy atom. The maximum absolute atomic E-state index is 5.78. The molecule has 2 aromatic carbocycles. The summed E-state index contributed by atoms with van der Waals surface area (Å²) < 4.78 is 5.78. The molecule has 0 heterocycles. The molecule has 2 rings (SSSR count). The molecule has 0 N–H and O–H groups in total. The van der Waals surface area contributed by atoms with Gasteiger partial charge in [-0.25, -0.2) is 0 Å². The molecule has 0 radical (unpaired) electrons. The zero-order valence-electron chi connectivity index (χ0n) is 11.4. The third-order valence-corrected chi connectivity index (χ3v) is 2.96. The minimum atomic E-state index is 0.766. The lowest BCUT2D eigenvalue weighted by atomic mass is 10.1. The Kier molecular flexibility index (Phi) is 5.24. The van der Waals surface area contributed by atoms with Gasteiger partial charge >= 0.3 is 0 Å². The maximum Gasteiger partial charge on any atom is 0.119 e. The third kappa shape index (κ3) is 4.29. The van der Waals surface area contributed by atoms with Crippen molar-refractivity contribution >= 4 is 0 Å². The van der Waals surface area contributed by atoms with Crippen LogP contribution in [0, 0.1) is 0 Å². The van der Waals surface area contributed by atoms with E-state index in [0.717, 1.165) is 25.2 Å². The normalized spacial score (nSPS) is 10.8. The van der Waals surface area contributed by atoms with E-state index in [2.05, 4.69) is 48.6 Å². The summed E-state index contributed by atoms with van der Waals surface area (Å²) in [6, 6.07) is 18.7. The number of ether oxygens (including phenoxy) is 1. The van der Waals surface area contributed by atoms with E-state index in [1.165, 1.54) is 11.1 Å². The molecule has 0 saturated heterocycles. The highest BCUT2D eigenvalue weighted by Crippen LogP contribution is 2.23. The third-order valence-electron chi connectivity index (χ3n) is 2.96. The lowest BCUT2D eigenvalue weighted by Crippen LogP contribution is -1.96. The Morgan fingerprint density at radius 1 is 0.947 bits per heavy atom. The second-order valence-corrected chi connectivity index (χ2v) is 4.45. The van der Waals surface area contributed by atoms with Crippen molar-refractivity contribution < 1.29 is 4.74 Å². The molecule has 19 heavy (non-hydrogen) atoms. The molecule has 0 aromatic heterocycles. The van der Waals surface area contributed by atoms with Gasteiger partial charge in [0.05, 0.1) is 6.61 Å². The van der Waals surface area contributed by atoms with Crippen molar-refractivity contribution in [1.82, 2.24) is 0 Å². The average Bonchev–Trinajstić information content (AvgIpc) is 2.48. The van der Waals surface area contributed by atoms with Crippen LogP contribution in [-0.2, 0) is 0 Å². The first-order chi connectivity index (χ1) is 9.40. The molecule has 0 saturated carbocycles. The summed E-state index contributed by atoms with van der Waals surface area (Å²) in [5.41, 5.74) is 2.42. The molecule has 0 aliphatic heterocycles. The van der Waals surface area contributed by atoms with E-state index in [9.17, 15) is 0 Å². The fourth-order valence-corrected chi connectivity index (χ4v) is 1.95. The maximum atomic E-state index is 5.78. The van der Waals surface area contributed by atoms with E-state index in [4.69, 9.17) is 4.74 Å². The van der Waals surface area contributed by atoms with Gasteiger partial charge in [-0.05, 0) is 43.0 Å². The summed E-state index contributed by atoms with van der Waals surface area (Å²) >= 11 is 0. The number of allylic oxidation sites excluding steroid dienone is 2. The minimum absolute atomic E-state index is 0.766. The van der Waals surface area contributed by atoms with Gasteiger partial charge in [0.15, 0.2) is 0 Å². The molecule has 1 nitrogen and oxygen atoms in total. The molecule has 98 valence electrons. The molecular weight excluding hydrogens is 232 g/mol. The van der Waals surface area contributed by atoms with Gasteiger partial charge in [-0.15, -0.1) is 0 Å². The van der Waals surface area contributed by atoms with Crippen LogP contribution in [0.15, 0.2) is 66.7 Å². The minimum Gasteiger partial charge on any atom is -0.494 e. The first-order valence-electron chi connectivity index (χ1n) is 6.79. The number of hydrogen-bond acceptors (Lipinski definition) is 1. The summed E-state index contributed by atoms with van der Waals surface area (Å²) in [6.45, 7) is 2.81. The number of hydrogen-bond donors (Lipinski definition) is 0. The number of rotatable bonds is 6. The van der Waals surface area contributed by atoms with E-state index in [1.807, 2.05) is 25.1 Å². The van der Waals surface area contributed by atoms with Crippen LogP contribution in [0.1, 0.15) is 19.8 Å². The van der Waals surface area contributed by atoms with Crippen molar-refractivity contribution in [2.24, 2.45) is 0 Å². The quantitative estimate of drug-likeness (QED) is 0.514. The summed E-state index contributed by atoms with van der Waals surface area (Å²) in [6.07, 6.45) is 6.38. The summed E-state index contributed by atoms with van der Waals surface area (Å²) in [4.78, 5) is 0. The summed E-state index contributed by atoms with van der Waals surface area (Å²) in [5, 5.41) is 0. The molecule has 0 aliphatic rings. The van der Waals surface area contributed by atoms with Gasteiger partial charge in [0.2, 0.25) is 0 Å². The predicted octanol–water partition coefficient (Wildman–Crippen LogP) is 5.09. The average molecular weight is 252 g/mol. The monoisotopic (exact) mass is 252 g/mol.